The van der Waals surface area contributed by atoms with E-state index in [1.54, 1.807) is 24.3 Å². The fraction of sp³-hybridized carbons (Fsp3) is 0. The summed E-state index contributed by atoms with van der Waals surface area (Å²) in [5.41, 5.74) is 0.295. The number of aliphatic imine (C=N–C) groups is 1. The third-order valence-corrected chi connectivity index (χ3v) is 4.82. The van der Waals surface area contributed by atoms with Crippen molar-refractivity contribution in [2.75, 3.05) is 0 Å². The Morgan fingerprint density at radius 2 is 1.33 bits per heavy atom. The lowest BCUT2D eigenvalue weighted by atomic mass is 10.0. The molecule has 0 bridgehead atoms. The molecule has 1 aliphatic carbocycles. The highest BCUT2D eigenvalue weighted by Crippen LogP contribution is 2.46. The van der Waals surface area contributed by atoms with E-state index in [9.17, 15) is 30.3 Å². The third kappa shape index (κ3) is 3.14. The topological polar surface area (TPSA) is 142 Å². The predicted molar refractivity (Wildman–Crippen MR) is 109 cm³/mol. The Bertz CT molecular complexity index is 1290. The van der Waals surface area contributed by atoms with Crippen molar-refractivity contribution in [3.05, 3.63) is 101 Å². The molecular formula is C19H9ClN4O6. The summed E-state index contributed by atoms with van der Waals surface area (Å²) in [6, 6.07) is 12.3. The largest absolute Gasteiger partial charge is 0.284 e. The number of nitro groups is 3. The Kier molecular flexibility index (Phi) is 4.47. The van der Waals surface area contributed by atoms with Gasteiger partial charge in [0.15, 0.2) is 0 Å². The van der Waals surface area contributed by atoms with Gasteiger partial charge in [-0.15, -0.1) is 0 Å². The first kappa shape index (κ1) is 19.2. The number of hydrogen-bond acceptors (Lipinski definition) is 7. The molecule has 0 N–H and O–H groups in total. The van der Waals surface area contributed by atoms with E-state index in [1.165, 1.54) is 24.3 Å². The van der Waals surface area contributed by atoms with Crippen molar-refractivity contribution in [3.8, 4) is 11.1 Å². The number of benzene rings is 3. The van der Waals surface area contributed by atoms with Crippen molar-refractivity contribution in [1.29, 1.82) is 0 Å². The van der Waals surface area contributed by atoms with Crippen LogP contribution >= 0.6 is 11.6 Å². The molecule has 10 nitrogen and oxygen atoms in total. The van der Waals surface area contributed by atoms with Crippen LogP contribution in [0.15, 0.2) is 59.6 Å². The fourth-order valence-corrected chi connectivity index (χ4v) is 3.43. The second-order valence-corrected chi connectivity index (χ2v) is 6.76. The number of nitrogens with zero attached hydrogens (tertiary/aromatic N) is 4. The molecule has 0 saturated carbocycles. The minimum Gasteiger partial charge on any atom is -0.258 e. The van der Waals surface area contributed by atoms with E-state index in [-0.39, 0.29) is 28.1 Å². The van der Waals surface area contributed by atoms with Crippen LogP contribution < -0.4 is 0 Å². The van der Waals surface area contributed by atoms with Gasteiger partial charge in [0, 0.05) is 34.3 Å². The molecule has 0 fully saturated rings. The van der Waals surface area contributed by atoms with Crippen LogP contribution in [0.1, 0.15) is 11.1 Å². The van der Waals surface area contributed by atoms with Gasteiger partial charge in [-0.25, -0.2) is 4.99 Å². The second-order valence-electron chi connectivity index (χ2n) is 6.33. The molecule has 0 atom stereocenters. The molecular weight excluding hydrogens is 416 g/mol. The van der Waals surface area contributed by atoms with Gasteiger partial charge in [-0.05, 0) is 35.9 Å². The van der Waals surface area contributed by atoms with Gasteiger partial charge in [0.05, 0.1) is 37.8 Å². The monoisotopic (exact) mass is 424 g/mol. The van der Waals surface area contributed by atoms with Gasteiger partial charge in [0.25, 0.3) is 17.1 Å². The summed E-state index contributed by atoms with van der Waals surface area (Å²) in [6.45, 7) is 0. The van der Waals surface area contributed by atoms with Crippen molar-refractivity contribution < 1.29 is 14.8 Å². The average molecular weight is 425 g/mol. The van der Waals surface area contributed by atoms with E-state index < -0.39 is 26.1 Å². The van der Waals surface area contributed by atoms with Crippen LogP contribution in [0.2, 0.25) is 5.02 Å². The van der Waals surface area contributed by atoms with Crippen molar-refractivity contribution in [1.82, 2.24) is 0 Å². The summed E-state index contributed by atoms with van der Waals surface area (Å²) in [4.78, 5) is 36.6. The number of halogens is 1. The maximum absolute atomic E-state index is 11.6. The molecule has 1 aliphatic rings. The first-order valence-corrected chi connectivity index (χ1v) is 8.74. The highest BCUT2D eigenvalue weighted by molar-refractivity contribution is 6.30. The lowest BCUT2D eigenvalue weighted by Gasteiger charge is -2.03. The van der Waals surface area contributed by atoms with E-state index in [2.05, 4.69) is 4.99 Å². The molecule has 0 aliphatic heterocycles. The normalized spacial score (nSPS) is 13.0. The first-order valence-electron chi connectivity index (χ1n) is 8.37. The molecule has 0 unspecified atom stereocenters. The maximum atomic E-state index is 11.6. The van der Waals surface area contributed by atoms with Crippen molar-refractivity contribution in [3.63, 3.8) is 0 Å². The second kappa shape index (κ2) is 7.01. The number of hydrogen-bond donors (Lipinski definition) is 0. The summed E-state index contributed by atoms with van der Waals surface area (Å²) in [5, 5.41) is 34.7. The number of non-ortho nitro benzene ring substituents is 2. The summed E-state index contributed by atoms with van der Waals surface area (Å²) in [7, 11) is 0. The summed E-state index contributed by atoms with van der Waals surface area (Å²) < 4.78 is 0. The van der Waals surface area contributed by atoms with E-state index in [4.69, 9.17) is 11.6 Å². The summed E-state index contributed by atoms with van der Waals surface area (Å²) >= 11 is 5.88. The number of rotatable bonds is 4. The number of fused-ring (bicyclic) bond motifs is 3. The summed E-state index contributed by atoms with van der Waals surface area (Å²) in [6.07, 6.45) is 0. The maximum Gasteiger partial charge on any atom is 0.284 e. The van der Waals surface area contributed by atoms with Crippen molar-refractivity contribution in [2.45, 2.75) is 0 Å². The predicted octanol–water partition coefficient (Wildman–Crippen LogP) is 5.21. The highest BCUT2D eigenvalue weighted by atomic mass is 35.5. The molecule has 0 heterocycles. The fourth-order valence-electron chi connectivity index (χ4n) is 3.30. The van der Waals surface area contributed by atoms with Gasteiger partial charge in [-0.2, -0.15) is 0 Å². The Balaban J connectivity index is 2.07. The molecule has 0 radical (unpaired) electrons. The van der Waals surface area contributed by atoms with E-state index >= 15 is 0 Å². The Morgan fingerprint density at radius 1 is 0.700 bits per heavy atom. The lowest BCUT2D eigenvalue weighted by molar-refractivity contribution is -0.393. The lowest BCUT2D eigenvalue weighted by Crippen LogP contribution is -2.01. The third-order valence-electron chi connectivity index (χ3n) is 4.57. The van der Waals surface area contributed by atoms with Gasteiger partial charge in [-0.1, -0.05) is 11.6 Å². The minimum atomic E-state index is -0.737. The van der Waals surface area contributed by atoms with Gasteiger partial charge < -0.3 is 0 Å². The zero-order valence-corrected chi connectivity index (χ0v) is 15.6. The van der Waals surface area contributed by atoms with Crippen molar-refractivity contribution >= 4 is 40.1 Å². The molecule has 0 spiro atoms. The minimum absolute atomic E-state index is 0.128. The Hall–Kier alpha value is -4.18. The van der Waals surface area contributed by atoms with Crippen LogP contribution in [0.5, 0.6) is 0 Å². The zero-order valence-electron chi connectivity index (χ0n) is 14.8. The standard InChI is InChI=1S/C19H9ClN4O6/c20-10-1-3-11(4-2-10)21-19-15-7-12(22(25)26)5-6-14(15)18-16(19)8-13(23(27)28)9-17(18)24(29)30/h1-9H/b21-19+. The van der Waals surface area contributed by atoms with Crippen LogP contribution in [-0.2, 0) is 0 Å². The molecule has 11 heteroatoms. The van der Waals surface area contributed by atoms with E-state index in [0.717, 1.165) is 6.07 Å². The molecule has 4 rings (SSSR count). The van der Waals surface area contributed by atoms with Gasteiger partial charge in [0.2, 0.25) is 0 Å². The van der Waals surface area contributed by atoms with Crippen LogP contribution in [-0.4, -0.2) is 20.5 Å². The SMILES string of the molecule is O=[N+]([O-])c1ccc2c(c1)/C(=N\c1ccc(Cl)cc1)c1cc([N+](=O)[O-])cc([N+](=O)[O-])c1-2. The number of nitro benzene ring substituents is 3. The van der Waals surface area contributed by atoms with Crippen LogP contribution in [0, 0.1) is 30.3 Å². The van der Waals surface area contributed by atoms with Gasteiger partial charge >= 0.3 is 0 Å². The van der Waals surface area contributed by atoms with Gasteiger partial charge in [-0.3, -0.25) is 30.3 Å². The van der Waals surface area contributed by atoms with Crippen LogP contribution in [0.25, 0.3) is 11.1 Å². The van der Waals surface area contributed by atoms with E-state index in [1.807, 2.05) is 0 Å². The molecule has 148 valence electrons. The molecule has 0 amide bonds. The molecule has 0 aromatic heterocycles. The van der Waals surface area contributed by atoms with Crippen LogP contribution in [0.3, 0.4) is 0 Å². The van der Waals surface area contributed by atoms with Crippen molar-refractivity contribution in [2.24, 2.45) is 4.99 Å². The molecule has 0 saturated heterocycles. The first-order chi connectivity index (χ1) is 14.3. The Labute approximate surface area is 172 Å². The molecule has 3 aromatic rings. The average Bonchev–Trinajstić information content (AvgIpc) is 3.01. The van der Waals surface area contributed by atoms with Crippen LogP contribution in [0.4, 0.5) is 22.7 Å². The molecule has 3 aromatic carbocycles. The zero-order chi connectivity index (χ0) is 21.6. The van der Waals surface area contributed by atoms with E-state index in [0.29, 0.717) is 16.3 Å². The Morgan fingerprint density at radius 3 is 1.93 bits per heavy atom. The summed E-state index contributed by atoms with van der Waals surface area (Å²) in [5.74, 6) is 0. The quantitative estimate of drug-likeness (QED) is 0.325. The highest BCUT2D eigenvalue weighted by Gasteiger charge is 2.35. The molecule has 30 heavy (non-hydrogen) atoms. The smallest absolute Gasteiger partial charge is 0.258 e. The van der Waals surface area contributed by atoms with Gasteiger partial charge in [0.1, 0.15) is 0 Å².